The van der Waals surface area contributed by atoms with Crippen molar-refractivity contribution in [2.45, 2.75) is 13.1 Å². The third-order valence-corrected chi connectivity index (χ3v) is 3.56. The first-order valence-corrected chi connectivity index (χ1v) is 7.12. The minimum Gasteiger partial charge on any atom is -0.328 e. The highest BCUT2D eigenvalue weighted by Gasteiger charge is 2.16. The first-order valence-electron chi connectivity index (χ1n) is 6.74. The number of nitrogens with zero attached hydrogens (tertiary/aromatic N) is 4. The average Bonchev–Trinajstić information content (AvgIpc) is 2.54. The molecule has 7 heteroatoms. The number of hydrogen-bond acceptors (Lipinski definition) is 4. The van der Waals surface area contributed by atoms with Crippen molar-refractivity contribution in [2.24, 2.45) is 0 Å². The number of rotatable bonds is 3. The van der Waals surface area contributed by atoms with Crippen LogP contribution in [-0.4, -0.2) is 19.1 Å². The van der Waals surface area contributed by atoms with Crippen LogP contribution >= 0.6 is 11.6 Å². The third kappa shape index (κ3) is 2.87. The highest BCUT2D eigenvalue weighted by molar-refractivity contribution is 6.29. The lowest BCUT2D eigenvalue weighted by Crippen LogP contribution is -2.37. The zero-order chi connectivity index (χ0) is 16.4. The van der Waals surface area contributed by atoms with Crippen molar-refractivity contribution in [3.05, 3.63) is 68.2 Å². The molecule has 1 aromatic heterocycles. The molecule has 0 unspecified atom stereocenters. The van der Waals surface area contributed by atoms with Gasteiger partial charge in [-0.05, 0) is 23.8 Å². The molecule has 3 heterocycles. The van der Waals surface area contributed by atoms with Crippen molar-refractivity contribution in [3.63, 3.8) is 0 Å². The summed E-state index contributed by atoms with van der Waals surface area (Å²) in [6.45, 7) is 0.309. The van der Waals surface area contributed by atoms with Crippen LogP contribution in [0.25, 0.3) is 11.4 Å². The molecule has 23 heavy (non-hydrogen) atoms. The molecule has 2 aliphatic rings. The van der Waals surface area contributed by atoms with Crippen LogP contribution in [0, 0.1) is 12.3 Å². The van der Waals surface area contributed by atoms with Gasteiger partial charge in [0.25, 0.3) is 5.56 Å². The van der Waals surface area contributed by atoms with Crippen molar-refractivity contribution in [1.82, 2.24) is 19.1 Å². The highest BCUT2D eigenvalue weighted by atomic mass is 35.5. The van der Waals surface area contributed by atoms with Crippen molar-refractivity contribution >= 4 is 11.6 Å². The molecule has 0 amide bonds. The van der Waals surface area contributed by atoms with E-state index in [-0.39, 0.29) is 6.54 Å². The molecule has 0 fully saturated rings. The number of pyridine rings is 2. The molecule has 0 N–H and O–H groups in total. The molecule has 0 saturated carbocycles. The molecular formula is C16H11ClN4O2. The molecule has 0 aromatic carbocycles. The monoisotopic (exact) mass is 326 g/mol. The van der Waals surface area contributed by atoms with E-state index in [1.165, 1.54) is 0 Å². The van der Waals surface area contributed by atoms with Crippen molar-refractivity contribution in [3.8, 4) is 23.7 Å². The van der Waals surface area contributed by atoms with Crippen LogP contribution in [0.3, 0.4) is 0 Å². The van der Waals surface area contributed by atoms with Crippen molar-refractivity contribution < 1.29 is 0 Å². The Hall–Kier alpha value is -2.91. The predicted octanol–water partition coefficient (Wildman–Crippen LogP) is 1.24. The fraction of sp³-hybridized carbons (Fsp3) is 0.125. The largest absolute Gasteiger partial charge is 0.353 e. The molecule has 0 radical (unpaired) electrons. The fourth-order valence-electron chi connectivity index (χ4n) is 2.27. The molecule has 0 atom stereocenters. The van der Waals surface area contributed by atoms with Crippen LogP contribution in [-0.2, 0) is 13.1 Å². The second-order valence-corrected chi connectivity index (χ2v) is 5.24. The summed E-state index contributed by atoms with van der Waals surface area (Å²) >= 11 is 5.77. The second-order valence-electron chi connectivity index (χ2n) is 4.85. The summed E-state index contributed by atoms with van der Waals surface area (Å²) in [5.74, 6) is 2.60. The number of terminal acetylenes is 1. The number of aromatic nitrogens is 4. The summed E-state index contributed by atoms with van der Waals surface area (Å²) < 4.78 is 2.65. The van der Waals surface area contributed by atoms with Crippen LogP contribution in [0.2, 0.25) is 5.15 Å². The molecule has 0 bridgehead atoms. The molecule has 6 nitrogen and oxygen atoms in total. The minimum atomic E-state index is -0.658. The lowest BCUT2D eigenvalue weighted by atomic mass is 10.2. The van der Waals surface area contributed by atoms with E-state index >= 15 is 0 Å². The van der Waals surface area contributed by atoms with Gasteiger partial charge in [0.05, 0.1) is 18.7 Å². The Morgan fingerprint density at radius 2 is 2.09 bits per heavy atom. The van der Waals surface area contributed by atoms with Crippen molar-refractivity contribution in [1.29, 1.82) is 0 Å². The van der Waals surface area contributed by atoms with E-state index in [9.17, 15) is 9.59 Å². The molecule has 1 aromatic rings. The van der Waals surface area contributed by atoms with E-state index in [1.807, 2.05) is 6.07 Å². The van der Waals surface area contributed by atoms with Gasteiger partial charge in [-0.1, -0.05) is 23.6 Å². The Morgan fingerprint density at radius 1 is 1.26 bits per heavy atom. The molecular weight excluding hydrogens is 316 g/mol. The van der Waals surface area contributed by atoms with E-state index in [0.29, 0.717) is 23.1 Å². The average molecular weight is 327 g/mol. The molecule has 0 spiro atoms. The lowest BCUT2D eigenvalue weighted by molar-refractivity contribution is 0.697. The van der Waals surface area contributed by atoms with Crippen LogP contribution in [0.5, 0.6) is 0 Å². The van der Waals surface area contributed by atoms with Gasteiger partial charge < -0.3 is 4.57 Å². The van der Waals surface area contributed by atoms with Gasteiger partial charge in [-0.15, -0.1) is 6.42 Å². The quantitative estimate of drug-likeness (QED) is 0.536. The van der Waals surface area contributed by atoms with Gasteiger partial charge in [-0.2, -0.15) is 4.98 Å². The Kier molecular flexibility index (Phi) is 3.96. The number of fused-ring (bicyclic) bond motifs is 1. The molecule has 3 rings (SSSR count). The van der Waals surface area contributed by atoms with Gasteiger partial charge in [0, 0.05) is 12.4 Å². The van der Waals surface area contributed by atoms with Gasteiger partial charge in [0.15, 0.2) is 5.82 Å². The third-order valence-electron chi connectivity index (χ3n) is 3.34. The zero-order valence-electron chi connectivity index (χ0n) is 11.9. The second kappa shape index (κ2) is 6.07. The van der Waals surface area contributed by atoms with E-state index in [1.54, 1.807) is 35.2 Å². The Labute approximate surface area is 136 Å². The van der Waals surface area contributed by atoms with Gasteiger partial charge in [-0.25, -0.2) is 14.3 Å². The zero-order valence-corrected chi connectivity index (χ0v) is 12.7. The fourth-order valence-corrected chi connectivity index (χ4v) is 2.38. The first kappa shape index (κ1) is 15.0. The topological polar surface area (TPSA) is 69.8 Å². The predicted molar refractivity (Wildman–Crippen MR) is 86.6 cm³/mol. The van der Waals surface area contributed by atoms with Gasteiger partial charge in [0.1, 0.15) is 5.15 Å². The minimum absolute atomic E-state index is 0.101. The van der Waals surface area contributed by atoms with Crippen molar-refractivity contribution in [2.75, 3.05) is 0 Å². The molecule has 2 aliphatic heterocycles. The van der Waals surface area contributed by atoms with E-state index in [2.05, 4.69) is 15.9 Å². The molecule has 114 valence electrons. The highest BCUT2D eigenvalue weighted by Crippen LogP contribution is 2.15. The van der Waals surface area contributed by atoms with Gasteiger partial charge >= 0.3 is 5.69 Å². The lowest BCUT2D eigenvalue weighted by Gasteiger charge is -2.14. The summed E-state index contributed by atoms with van der Waals surface area (Å²) in [5.41, 5.74) is 0.106. The summed E-state index contributed by atoms with van der Waals surface area (Å²) in [6.07, 6.45) is 8.56. The standard InChI is InChI=1S/C16H11ClN4O2/c1-2-7-21-15(22)12-4-3-8-20(14(12)19-16(21)23)10-11-5-6-13(17)18-9-11/h1,3-6,8-9H,7,10H2. The number of halogens is 1. The smallest absolute Gasteiger partial charge is 0.328 e. The molecule has 0 saturated heterocycles. The van der Waals surface area contributed by atoms with Crippen LogP contribution in [0.4, 0.5) is 0 Å². The van der Waals surface area contributed by atoms with Gasteiger partial charge in [-0.3, -0.25) is 4.79 Å². The Bertz CT molecular complexity index is 983. The SMILES string of the molecule is C#CCn1c(=O)nc2n(Cc3ccc(Cl)nc3)cccc-2c1=O. The normalized spacial score (nSPS) is 10.6. The first-order chi connectivity index (χ1) is 11.1. The number of hydrogen-bond donors (Lipinski definition) is 0. The van der Waals surface area contributed by atoms with Crippen LogP contribution < -0.4 is 11.2 Å². The Morgan fingerprint density at radius 3 is 2.78 bits per heavy atom. The molecule has 0 aliphatic carbocycles. The summed E-state index contributed by atoms with van der Waals surface area (Å²) in [5, 5.41) is 0.397. The van der Waals surface area contributed by atoms with Gasteiger partial charge in [0.2, 0.25) is 0 Å². The summed E-state index contributed by atoms with van der Waals surface area (Å²) in [4.78, 5) is 32.4. The van der Waals surface area contributed by atoms with Crippen LogP contribution in [0.15, 0.2) is 46.2 Å². The van der Waals surface area contributed by atoms with E-state index in [0.717, 1.165) is 10.1 Å². The summed E-state index contributed by atoms with van der Waals surface area (Å²) in [6, 6.07) is 6.83. The Balaban J connectivity index is 2.12. The maximum Gasteiger partial charge on any atom is 0.353 e. The van der Waals surface area contributed by atoms with E-state index in [4.69, 9.17) is 18.0 Å². The van der Waals surface area contributed by atoms with E-state index < -0.39 is 11.2 Å². The summed E-state index contributed by atoms with van der Waals surface area (Å²) in [7, 11) is 0. The maximum absolute atomic E-state index is 12.4. The van der Waals surface area contributed by atoms with Crippen LogP contribution in [0.1, 0.15) is 5.56 Å². The maximum atomic E-state index is 12.4.